The van der Waals surface area contributed by atoms with E-state index in [1.54, 1.807) is 23.1 Å². The van der Waals surface area contributed by atoms with Crippen LogP contribution in [0, 0.1) is 12.8 Å². The predicted molar refractivity (Wildman–Crippen MR) is 167 cm³/mol. The highest BCUT2D eigenvalue weighted by Gasteiger charge is 2.31. The molecule has 43 heavy (non-hydrogen) atoms. The van der Waals surface area contributed by atoms with E-state index in [2.05, 4.69) is 5.32 Å². The molecule has 1 heterocycles. The molecule has 0 saturated heterocycles. The maximum absolute atomic E-state index is 14.0. The van der Waals surface area contributed by atoms with Crippen LogP contribution in [-0.4, -0.2) is 57.3 Å². The lowest BCUT2D eigenvalue weighted by atomic mass is 10.0. The van der Waals surface area contributed by atoms with E-state index in [4.69, 9.17) is 9.47 Å². The van der Waals surface area contributed by atoms with E-state index in [0.29, 0.717) is 30.2 Å². The van der Waals surface area contributed by atoms with Crippen LogP contribution in [0.4, 0.5) is 5.69 Å². The van der Waals surface area contributed by atoms with E-state index in [9.17, 15) is 18.0 Å². The number of rotatable bonds is 14. The number of nitrogens with zero attached hydrogens (tertiary/aromatic N) is 2. The Labute approximate surface area is 254 Å². The number of hydrogen-bond acceptors (Lipinski definition) is 6. The molecule has 1 N–H and O–H groups in total. The van der Waals surface area contributed by atoms with E-state index < -0.39 is 16.1 Å². The van der Waals surface area contributed by atoms with Gasteiger partial charge in [0.2, 0.25) is 28.6 Å². The van der Waals surface area contributed by atoms with Crippen molar-refractivity contribution in [3.8, 4) is 11.5 Å². The third-order valence-corrected chi connectivity index (χ3v) is 8.42. The highest BCUT2D eigenvalue weighted by Crippen LogP contribution is 2.36. The van der Waals surface area contributed by atoms with Gasteiger partial charge in [0.25, 0.3) is 0 Å². The number of aryl methyl sites for hydroxylation is 1. The summed E-state index contributed by atoms with van der Waals surface area (Å²) >= 11 is 0. The second-order valence-electron chi connectivity index (χ2n) is 11.3. The number of benzene rings is 3. The molecule has 10 heteroatoms. The Morgan fingerprint density at radius 1 is 0.930 bits per heavy atom. The summed E-state index contributed by atoms with van der Waals surface area (Å²) in [7, 11) is -3.64. The van der Waals surface area contributed by atoms with Crippen LogP contribution in [0.25, 0.3) is 0 Å². The van der Waals surface area contributed by atoms with Crippen molar-refractivity contribution in [1.29, 1.82) is 0 Å². The van der Waals surface area contributed by atoms with Gasteiger partial charge in [-0.1, -0.05) is 74.0 Å². The number of amides is 2. The smallest absolute Gasteiger partial charge is 0.243 e. The van der Waals surface area contributed by atoms with Crippen molar-refractivity contribution in [2.75, 3.05) is 30.4 Å². The highest BCUT2D eigenvalue weighted by atomic mass is 32.2. The number of hydrogen-bond donors (Lipinski definition) is 1. The van der Waals surface area contributed by atoms with Crippen molar-refractivity contribution < 1.29 is 27.5 Å². The third kappa shape index (κ3) is 8.97. The molecule has 2 amide bonds. The Hall–Kier alpha value is -4.05. The molecule has 3 aromatic carbocycles. The topological polar surface area (TPSA) is 105 Å². The number of ether oxygens (including phenoxy) is 2. The summed E-state index contributed by atoms with van der Waals surface area (Å²) in [5.41, 5.74) is 3.39. The van der Waals surface area contributed by atoms with Gasteiger partial charge in [-0.3, -0.25) is 13.9 Å². The molecule has 0 unspecified atom stereocenters. The molecule has 4 rings (SSSR count). The SMILES string of the molecule is Cc1ccc(CN(C(=O)CCCN(c2ccc3c(c2)OCO3)S(C)(=O)=O)[C@H](Cc2ccccc2)C(=O)NCC(C)C)cc1. The second kappa shape index (κ2) is 14.4. The first kappa shape index (κ1) is 31.9. The van der Waals surface area contributed by atoms with Crippen LogP contribution >= 0.6 is 0 Å². The summed E-state index contributed by atoms with van der Waals surface area (Å²) in [6.45, 7) is 6.96. The van der Waals surface area contributed by atoms with Gasteiger partial charge in [0, 0.05) is 38.5 Å². The monoisotopic (exact) mass is 607 g/mol. The fourth-order valence-corrected chi connectivity index (χ4v) is 5.87. The summed E-state index contributed by atoms with van der Waals surface area (Å²) in [4.78, 5) is 29.2. The molecule has 0 aromatic heterocycles. The third-order valence-electron chi connectivity index (χ3n) is 7.23. The lowest BCUT2D eigenvalue weighted by Crippen LogP contribution is -2.51. The van der Waals surface area contributed by atoms with Crippen molar-refractivity contribution in [2.45, 2.75) is 52.6 Å². The molecule has 0 spiro atoms. The quantitative estimate of drug-likeness (QED) is 0.285. The Balaban J connectivity index is 1.57. The lowest BCUT2D eigenvalue weighted by Gasteiger charge is -2.32. The molecule has 0 radical (unpaired) electrons. The van der Waals surface area contributed by atoms with Crippen molar-refractivity contribution in [2.24, 2.45) is 5.92 Å². The molecule has 0 fully saturated rings. The minimum absolute atomic E-state index is 0.0607. The first-order valence-corrected chi connectivity index (χ1v) is 16.4. The fraction of sp³-hybridized carbons (Fsp3) is 0.394. The van der Waals surface area contributed by atoms with Crippen molar-refractivity contribution in [3.63, 3.8) is 0 Å². The number of anilines is 1. The Morgan fingerprint density at radius 3 is 2.30 bits per heavy atom. The molecule has 230 valence electrons. The van der Waals surface area contributed by atoms with Gasteiger partial charge < -0.3 is 19.7 Å². The van der Waals surface area contributed by atoms with E-state index in [-0.39, 0.29) is 50.5 Å². The number of nitrogens with one attached hydrogen (secondary N) is 1. The van der Waals surface area contributed by atoms with Crippen LogP contribution in [0.15, 0.2) is 72.8 Å². The van der Waals surface area contributed by atoms with Gasteiger partial charge in [-0.2, -0.15) is 0 Å². The highest BCUT2D eigenvalue weighted by molar-refractivity contribution is 7.92. The van der Waals surface area contributed by atoms with Crippen LogP contribution in [-0.2, 0) is 32.6 Å². The van der Waals surface area contributed by atoms with Gasteiger partial charge in [0.15, 0.2) is 11.5 Å². The van der Waals surface area contributed by atoms with E-state index in [1.165, 1.54) is 4.31 Å². The van der Waals surface area contributed by atoms with Crippen LogP contribution in [0.3, 0.4) is 0 Å². The number of fused-ring (bicyclic) bond motifs is 1. The minimum Gasteiger partial charge on any atom is -0.454 e. The molecule has 1 aliphatic rings. The maximum atomic E-state index is 14.0. The zero-order valence-corrected chi connectivity index (χ0v) is 26.1. The lowest BCUT2D eigenvalue weighted by molar-refractivity contribution is -0.141. The maximum Gasteiger partial charge on any atom is 0.243 e. The van der Waals surface area contributed by atoms with Gasteiger partial charge in [-0.15, -0.1) is 0 Å². The van der Waals surface area contributed by atoms with Gasteiger partial charge in [-0.25, -0.2) is 8.42 Å². The van der Waals surface area contributed by atoms with Crippen LogP contribution in [0.1, 0.15) is 43.4 Å². The predicted octanol–water partition coefficient (Wildman–Crippen LogP) is 4.68. The molecule has 0 aliphatic carbocycles. The molecule has 3 aromatic rings. The minimum atomic E-state index is -3.64. The first-order chi connectivity index (χ1) is 20.5. The Kier molecular flexibility index (Phi) is 10.7. The molecular formula is C33H41N3O6S. The average molecular weight is 608 g/mol. The molecule has 1 atom stereocenters. The number of sulfonamides is 1. The molecule has 0 bridgehead atoms. The van der Waals surface area contributed by atoms with E-state index >= 15 is 0 Å². The van der Waals surface area contributed by atoms with E-state index in [0.717, 1.165) is 22.9 Å². The largest absolute Gasteiger partial charge is 0.454 e. The normalized spacial score (nSPS) is 13.0. The van der Waals surface area contributed by atoms with Gasteiger partial charge in [0.05, 0.1) is 11.9 Å². The van der Waals surface area contributed by atoms with Crippen molar-refractivity contribution >= 4 is 27.5 Å². The van der Waals surface area contributed by atoms with Crippen LogP contribution < -0.4 is 19.1 Å². The molecule has 1 aliphatic heterocycles. The summed E-state index contributed by atoms with van der Waals surface area (Å²) in [5, 5.41) is 3.03. The zero-order valence-electron chi connectivity index (χ0n) is 25.3. The second-order valence-corrected chi connectivity index (χ2v) is 13.2. The standard InChI is InChI=1S/C33H41N3O6S/c1-24(2)21-34-33(38)29(19-26-9-6-5-7-10-26)35(22-27-14-12-25(3)13-15-27)32(37)11-8-18-36(43(4,39)40)28-16-17-30-31(20-28)42-23-41-30/h5-7,9-10,12-17,20,24,29H,8,11,18-19,21-23H2,1-4H3,(H,34,38)/t29-/m1/s1. The summed E-state index contributed by atoms with van der Waals surface area (Å²) in [5.74, 6) is 0.846. The van der Waals surface area contributed by atoms with Gasteiger partial charge >= 0.3 is 0 Å². The van der Waals surface area contributed by atoms with Gasteiger partial charge in [0.1, 0.15) is 6.04 Å². The van der Waals surface area contributed by atoms with Crippen LogP contribution in [0.2, 0.25) is 0 Å². The van der Waals surface area contributed by atoms with Gasteiger partial charge in [-0.05, 0) is 42.5 Å². The summed E-state index contributed by atoms with van der Waals surface area (Å²) < 4.78 is 37.5. The number of carbonyl (C=O) groups is 2. The van der Waals surface area contributed by atoms with E-state index in [1.807, 2.05) is 75.4 Å². The van der Waals surface area contributed by atoms with Crippen molar-refractivity contribution in [1.82, 2.24) is 10.2 Å². The fourth-order valence-electron chi connectivity index (χ4n) is 4.91. The number of carbonyl (C=O) groups excluding carboxylic acids is 2. The Morgan fingerprint density at radius 2 is 1.63 bits per heavy atom. The summed E-state index contributed by atoms with van der Waals surface area (Å²) in [6.07, 6.45) is 1.81. The molecule has 9 nitrogen and oxygen atoms in total. The Bertz CT molecular complexity index is 1490. The summed E-state index contributed by atoms with van der Waals surface area (Å²) in [6, 6.07) is 21.8. The zero-order chi connectivity index (χ0) is 31.0. The average Bonchev–Trinajstić information content (AvgIpc) is 3.44. The van der Waals surface area contributed by atoms with Crippen molar-refractivity contribution in [3.05, 3.63) is 89.5 Å². The molecular weight excluding hydrogens is 566 g/mol. The van der Waals surface area contributed by atoms with Crippen LogP contribution in [0.5, 0.6) is 11.5 Å². The molecule has 0 saturated carbocycles. The first-order valence-electron chi connectivity index (χ1n) is 14.6.